The van der Waals surface area contributed by atoms with E-state index in [9.17, 15) is 4.79 Å². The van der Waals surface area contributed by atoms with Crippen LogP contribution in [0.1, 0.15) is 32.6 Å². The molecule has 1 aliphatic heterocycles. The van der Waals surface area contributed by atoms with Crippen LogP contribution in [-0.4, -0.2) is 36.5 Å². The predicted octanol–water partition coefficient (Wildman–Crippen LogP) is 2.85. The highest BCUT2D eigenvalue weighted by molar-refractivity contribution is 5.85. The molecule has 1 atom stereocenters. The number of piperidine rings is 1. The second kappa shape index (κ2) is 9.70. The fraction of sp³-hybridized carbons (Fsp3) is 0.588. The fourth-order valence-corrected chi connectivity index (χ4v) is 2.76. The average Bonchev–Trinajstić information content (AvgIpc) is 2.52. The van der Waals surface area contributed by atoms with Crippen molar-refractivity contribution in [3.63, 3.8) is 0 Å². The molecule has 1 heterocycles. The Morgan fingerprint density at radius 1 is 1.32 bits per heavy atom. The van der Waals surface area contributed by atoms with E-state index in [1.165, 1.54) is 0 Å². The molecule has 1 saturated heterocycles. The van der Waals surface area contributed by atoms with Gasteiger partial charge >= 0.3 is 0 Å². The number of carbonyl (C=O) groups excluding carboxylic acids is 1. The lowest BCUT2D eigenvalue weighted by Crippen LogP contribution is -2.42. The van der Waals surface area contributed by atoms with Gasteiger partial charge in [-0.1, -0.05) is 18.2 Å². The quantitative estimate of drug-likeness (QED) is 0.818. The van der Waals surface area contributed by atoms with E-state index in [-0.39, 0.29) is 24.4 Å². The van der Waals surface area contributed by atoms with Gasteiger partial charge in [-0.05, 0) is 44.2 Å². The Kier molecular flexibility index (Phi) is 8.28. The maximum absolute atomic E-state index is 12.1. The van der Waals surface area contributed by atoms with Gasteiger partial charge in [0.05, 0.1) is 6.61 Å². The molecule has 1 aromatic rings. The third-order valence-electron chi connectivity index (χ3n) is 4.18. The summed E-state index contributed by atoms with van der Waals surface area (Å²) in [6, 6.07) is 9.96. The van der Waals surface area contributed by atoms with Crippen molar-refractivity contribution in [2.75, 3.05) is 19.7 Å². The summed E-state index contributed by atoms with van der Waals surface area (Å²) in [5, 5.41) is 0. The number of halogens is 1. The van der Waals surface area contributed by atoms with Gasteiger partial charge in [-0.2, -0.15) is 0 Å². The zero-order chi connectivity index (χ0) is 15.1. The van der Waals surface area contributed by atoms with Crippen molar-refractivity contribution < 1.29 is 9.53 Å². The van der Waals surface area contributed by atoms with Gasteiger partial charge in [0.15, 0.2) is 0 Å². The lowest BCUT2D eigenvalue weighted by molar-refractivity contribution is -0.132. The van der Waals surface area contributed by atoms with Gasteiger partial charge in [0.25, 0.3) is 0 Å². The lowest BCUT2D eigenvalue weighted by atomic mass is 9.91. The minimum absolute atomic E-state index is 0. The maximum atomic E-state index is 12.1. The van der Waals surface area contributed by atoms with Crippen LogP contribution < -0.4 is 10.5 Å². The Morgan fingerprint density at radius 2 is 1.95 bits per heavy atom. The number of nitrogens with zero attached hydrogens (tertiary/aromatic N) is 1. The molecule has 1 unspecified atom stereocenters. The summed E-state index contributed by atoms with van der Waals surface area (Å²) < 4.78 is 5.60. The molecule has 2 N–H and O–H groups in total. The Labute approximate surface area is 139 Å². The monoisotopic (exact) mass is 326 g/mol. The number of benzene rings is 1. The Balaban J connectivity index is 0.00000242. The van der Waals surface area contributed by atoms with Crippen molar-refractivity contribution in [3.05, 3.63) is 30.3 Å². The first kappa shape index (κ1) is 18.8. The van der Waals surface area contributed by atoms with E-state index in [1.807, 2.05) is 35.2 Å². The molecule has 1 fully saturated rings. The summed E-state index contributed by atoms with van der Waals surface area (Å²) >= 11 is 0. The number of likely N-dealkylation sites (tertiary alicyclic amines) is 1. The molecule has 0 aliphatic carbocycles. The summed E-state index contributed by atoms with van der Waals surface area (Å²) in [6.07, 6.45) is 3.39. The zero-order valence-electron chi connectivity index (χ0n) is 13.2. The van der Waals surface area contributed by atoms with Gasteiger partial charge in [0.2, 0.25) is 5.91 Å². The highest BCUT2D eigenvalue weighted by atomic mass is 35.5. The van der Waals surface area contributed by atoms with Gasteiger partial charge in [-0.15, -0.1) is 12.4 Å². The predicted molar refractivity (Wildman–Crippen MR) is 91.4 cm³/mol. The number of amides is 1. The zero-order valence-corrected chi connectivity index (χ0v) is 14.1. The second-order valence-corrected chi connectivity index (χ2v) is 5.84. The second-order valence-electron chi connectivity index (χ2n) is 5.84. The van der Waals surface area contributed by atoms with Gasteiger partial charge in [0, 0.05) is 25.6 Å². The molecular formula is C17H27ClN2O2. The summed E-state index contributed by atoms with van der Waals surface area (Å²) in [5.41, 5.74) is 5.92. The third-order valence-corrected chi connectivity index (χ3v) is 4.18. The molecule has 2 rings (SSSR count). The van der Waals surface area contributed by atoms with E-state index >= 15 is 0 Å². The highest BCUT2D eigenvalue weighted by Crippen LogP contribution is 2.20. The van der Waals surface area contributed by atoms with Crippen molar-refractivity contribution >= 4 is 18.3 Å². The number of hydrogen-bond acceptors (Lipinski definition) is 3. The molecule has 0 aromatic heterocycles. The van der Waals surface area contributed by atoms with Gasteiger partial charge in [0.1, 0.15) is 5.75 Å². The van der Waals surface area contributed by atoms with Crippen LogP contribution in [0.15, 0.2) is 30.3 Å². The van der Waals surface area contributed by atoms with E-state index in [0.29, 0.717) is 18.9 Å². The molecule has 0 radical (unpaired) electrons. The van der Waals surface area contributed by atoms with Gasteiger partial charge in [-0.3, -0.25) is 4.79 Å². The number of rotatable bonds is 6. The van der Waals surface area contributed by atoms with E-state index in [2.05, 4.69) is 6.92 Å². The highest BCUT2D eigenvalue weighted by Gasteiger charge is 2.24. The minimum atomic E-state index is 0. The topological polar surface area (TPSA) is 55.6 Å². The van der Waals surface area contributed by atoms with E-state index in [0.717, 1.165) is 38.1 Å². The number of nitrogens with two attached hydrogens (primary N) is 1. The SMILES string of the molecule is CC(N)C1CCN(C(=O)CCCOc2ccccc2)CC1.Cl. The summed E-state index contributed by atoms with van der Waals surface area (Å²) in [7, 11) is 0. The molecule has 5 heteroatoms. The van der Waals surface area contributed by atoms with Crippen molar-refractivity contribution in [3.8, 4) is 5.75 Å². The lowest BCUT2D eigenvalue weighted by Gasteiger charge is -2.33. The normalized spacial score (nSPS) is 16.7. The van der Waals surface area contributed by atoms with E-state index in [1.54, 1.807) is 0 Å². The average molecular weight is 327 g/mol. The van der Waals surface area contributed by atoms with Crippen molar-refractivity contribution in [2.45, 2.75) is 38.6 Å². The Hall–Kier alpha value is -1.26. The minimum Gasteiger partial charge on any atom is -0.494 e. The van der Waals surface area contributed by atoms with Crippen molar-refractivity contribution in [1.82, 2.24) is 4.90 Å². The van der Waals surface area contributed by atoms with Crippen LogP contribution in [0.3, 0.4) is 0 Å². The van der Waals surface area contributed by atoms with Gasteiger partial charge < -0.3 is 15.4 Å². The van der Waals surface area contributed by atoms with Crippen molar-refractivity contribution in [1.29, 1.82) is 0 Å². The molecule has 0 saturated carbocycles. The van der Waals surface area contributed by atoms with Crippen LogP contribution in [-0.2, 0) is 4.79 Å². The Bertz CT molecular complexity index is 432. The third kappa shape index (κ3) is 5.85. The summed E-state index contributed by atoms with van der Waals surface area (Å²) in [6.45, 7) is 4.35. The standard InChI is InChI=1S/C17H26N2O2.ClH/c1-14(18)15-9-11-19(12-10-15)17(20)8-5-13-21-16-6-3-2-4-7-16;/h2-4,6-7,14-15H,5,8-13,18H2,1H3;1H. The van der Waals surface area contributed by atoms with E-state index in [4.69, 9.17) is 10.5 Å². The molecule has 1 aromatic carbocycles. The van der Waals surface area contributed by atoms with Crippen LogP contribution in [0.25, 0.3) is 0 Å². The van der Waals surface area contributed by atoms with E-state index < -0.39 is 0 Å². The number of para-hydroxylation sites is 1. The first-order valence-corrected chi connectivity index (χ1v) is 7.88. The largest absolute Gasteiger partial charge is 0.494 e. The van der Waals surface area contributed by atoms with Gasteiger partial charge in [-0.25, -0.2) is 0 Å². The van der Waals surface area contributed by atoms with Crippen LogP contribution in [0.2, 0.25) is 0 Å². The molecule has 0 spiro atoms. The molecule has 4 nitrogen and oxygen atoms in total. The summed E-state index contributed by atoms with van der Waals surface area (Å²) in [5.74, 6) is 1.67. The fourth-order valence-electron chi connectivity index (χ4n) is 2.76. The smallest absolute Gasteiger partial charge is 0.222 e. The molecule has 22 heavy (non-hydrogen) atoms. The number of hydrogen-bond donors (Lipinski definition) is 1. The van der Waals surface area contributed by atoms with Crippen molar-refractivity contribution in [2.24, 2.45) is 11.7 Å². The van der Waals surface area contributed by atoms with Crippen LogP contribution in [0.4, 0.5) is 0 Å². The van der Waals surface area contributed by atoms with Crippen LogP contribution in [0.5, 0.6) is 5.75 Å². The number of ether oxygens (including phenoxy) is 1. The Morgan fingerprint density at radius 3 is 2.55 bits per heavy atom. The maximum Gasteiger partial charge on any atom is 0.222 e. The van der Waals surface area contributed by atoms with Crippen LogP contribution >= 0.6 is 12.4 Å². The molecule has 1 amide bonds. The molecule has 0 bridgehead atoms. The van der Waals surface area contributed by atoms with Crippen LogP contribution in [0, 0.1) is 5.92 Å². The number of carbonyl (C=O) groups is 1. The molecule has 1 aliphatic rings. The summed E-state index contributed by atoms with van der Waals surface area (Å²) in [4.78, 5) is 14.1. The first-order chi connectivity index (χ1) is 10.2. The molecular weight excluding hydrogens is 300 g/mol. The molecule has 124 valence electrons. The first-order valence-electron chi connectivity index (χ1n) is 7.88.